The van der Waals surface area contributed by atoms with Gasteiger partial charge in [-0.1, -0.05) is 127 Å². The Hall–Kier alpha value is -8.60. The monoisotopic (exact) mass is 816 g/mol. The summed E-state index contributed by atoms with van der Waals surface area (Å²) in [6.45, 7) is 0. The van der Waals surface area contributed by atoms with Gasteiger partial charge in [-0.3, -0.25) is 0 Å². The van der Waals surface area contributed by atoms with Crippen molar-refractivity contribution in [3.63, 3.8) is 0 Å². The van der Waals surface area contributed by atoms with Crippen LogP contribution in [0.2, 0.25) is 0 Å². The van der Waals surface area contributed by atoms with E-state index in [9.17, 15) is 0 Å². The highest BCUT2D eigenvalue weighted by atomic mass is 16.3. The molecule has 0 bridgehead atoms. The molecule has 10 aromatic carbocycles. The van der Waals surface area contributed by atoms with Gasteiger partial charge in [-0.25, -0.2) is 0 Å². The number of nitrogens with zero attached hydrogens (tertiary/aromatic N) is 2. The van der Waals surface area contributed by atoms with Gasteiger partial charge in [-0.15, -0.1) is 0 Å². The number of rotatable bonds is 5. The molecule has 4 heteroatoms. The van der Waals surface area contributed by atoms with Gasteiger partial charge >= 0.3 is 0 Å². The number of benzene rings is 10. The summed E-state index contributed by atoms with van der Waals surface area (Å²) in [5.41, 5.74) is 17.4. The first-order valence-electron chi connectivity index (χ1n) is 21.8. The van der Waals surface area contributed by atoms with Gasteiger partial charge in [0.1, 0.15) is 22.3 Å². The lowest BCUT2D eigenvalue weighted by molar-refractivity contribution is 0.668. The Balaban J connectivity index is 1.02. The van der Waals surface area contributed by atoms with Crippen molar-refractivity contribution in [3.05, 3.63) is 218 Å². The van der Waals surface area contributed by atoms with Crippen molar-refractivity contribution in [2.45, 2.75) is 0 Å². The van der Waals surface area contributed by atoms with Crippen LogP contribution in [0.4, 0.5) is 0 Å². The number of aromatic nitrogens is 2. The molecule has 4 aromatic heterocycles. The zero-order valence-electron chi connectivity index (χ0n) is 34.5. The topological polar surface area (TPSA) is 36.1 Å². The second-order valence-electron chi connectivity index (χ2n) is 16.9. The lowest BCUT2D eigenvalue weighted by atomic mass is 9.96. The summed E-state index contributed by atoms with van der Waals surface area (Å²) in [5.74, 6) is 0. The highest BCUT2D eigenvalue weighted by Gasteiger charge is 2.20. The largest absolute Gasteiger partial charge is 0.456 e. The molecule has 4 heterocycles. The molecule has 0 aliphatic heterocycles. The van der Waals surface area contributed by atoms with Crippen LogP contribution in [0.25, 0.3) is 132 Å². The first kappa shape index (κ1) is 35.0. The Morgan fingerprint density at radius 3 is 1.42 bits per heavy atom. The fraction of sp³-hybridized carbons (Fsp3) is 0. The summed E-state index contributed by atoms with van der Waals surface area (Å²) in [4.78, 5) is 0. The van der Waals surface area contributed by atoms with Crippen LogP contribution in [0.15, 0.2) is 227 Å². The minimum absolute atomic E-state index is 0.885. The fourth-order valence-corrected chi connectivity index (χ4v) is 10.4. The summed E-state index contributed by atoms with van der Waals surface area (Å²) in [5, 5.41) is 9.37. The summed E-state index contributed by atoms with van der Waals surface area (Å²) in [7, 11) is 0. The highest BCUT2D eigenvalue weighted by molar-refractivity contribution is 6.17. The quantitative estimate of drug-likeness (QED) is 0.173. The minimum Gasteiger partial charge on any atom is -0.456 e. The van der Waals surface area contributed by atoms with E-state index in [2.05, 4.69) is 203 Å². The number of hydrogen-bond donors (Lipinski definition) is 0. The van der Waals surface area contributed by atoms with E-state index in [0.29, 0.717) is 0 Å². The van der Waals surface area contributed by atoms with E-state index in [-0.39, 0.29) is 0 Å². The van der Waals surface area contributed by atoms with Crippen LogP contribution >= 0.6 is 0 Å². The van der Waals surface area contributed by atoms with Crippen LogP contribution < -0.4 is 0 Å². The molecule has 64 heavy (non-hydrogen) atoms. The van der Waals surface area contributed by atoms with Crippen molar-refractivity contribution in [1.29, 1.82) is 0 Å². The minimum atomic E-state index is 0.885. The average molecular weight is 817 g/mol. The smallest absolute Gasteiger partial charge is 0.135 e. The summed E-state index contributed by atoms with van der Waals surface area (Å²) in [6.07, 6.45) is 0. The van der Waals surface area contributed by atoms with Gasteiger partial charge in [0.25, 0.3) is 0 Å². The number of fused-ring (bicyclic) bond motifs is 12. The van der Waals surface area contributed by atoms with Gasteiger partial charge in [0.2, 0.25) is 0 Å². The van der Waals surface area contributed by atoms with Gasteiger partial charge in [0, 0.05) is 54.5 Å². The molecule has 0 fully saturated rings. The summed E-state index contributed by atoms with van der Waals surface area (Å²) < 4.78 is 17.4. The maximum absolute atomic E-state index is 6.28. The van der Waals surface area contributed by atoms with Crippen LogP contribution in [0.3, 0.4) is 0 Å². The lowest BCUT2D eigenvalue weighted by Gasteiger charge is -2.15. The highest BCUT2D eigenvalue weighted by Crippen LogP contribution is 2.43. The summed E-state index contributed by atoms with van der Waals surface area (Å²) >= 11 is 0. The molecular weight excluding hydrogens is 781 g/mol. The van der Waals surface area contributed by atoms with E-state index < -0.39 is 0 Å². The second-order valence-corrected chi connectivity index (χ2v) is 16.9. The first-order valence-corrected chi connectivity index (χ1v) is 21.8. The molecule has 0 aliphatic rings. The zero-order chi connectivity index (χ0) is 41.9. The third-order valence-corrected chi connectivity index (χ3v) is 13.3. The average Bonchev–Trinajstić information content (AvgIpc) is 4.11. The molecule has 0 saturated carbocycles. The Bertz CT molecular complexity index is 4070. The maximum Gasteiger partial charge on any atom is 0.135 e. The maximum atomic E-state index is 6.28. The van der Waals surface area contributed by atoms with E-state index in [1.165, 1.54) is 43.7 Å². The molecule has 0 radical (unpaired) electrons. The van der Waals surface area contributed by atoms with Gasteiger partial charge in [-0.2, -0.15) is 0 Å². The Kier molecular flexibility index (Phi) is 7.36. The third kappa shape index (κ3) is 5.17. The molecule has 298 valence electrons. The molecule has 0 N–H and O–H groups in total. The molecule has 4 nitrogen and oxygen atoms in total. The predicted molar refractivity (Wildman–Crippen MR) is 266 cm³/mol. The second kappa shape index (κ2) is 13.4. The Labute approximate surface area is 367 Å². The zero-order valence-corrected chi connectivity index (χ0v) is 34.5. The van der Waals surface area contributed by atoms with Crippen molar-refractivity contribution in [3.8, 4) is 44.8 Å². The Morgan fingerprint density at radius 2 is 0.750 bits per heavy atom. The molecule has 0 spiro atoms. The molecule has 0 aliphatic carbocycles. The van der Waals surface area contributed by atoms with Crippen LogP contribution in [0.1, 0.15) is 0 Å². The number of para-hydroxylation sites is 5. The standard InChI is InChI=1S/C60H36N2O2/c1-2-13-42(14-3-1)61-52-20-8-4-15-45(52)46-28-25-39(36-55(46)61)44-19-12-22-54-60(44)49-18-5-9-21-53(49)62(54)43-32-40(37-26-29-58-50(34-37)47-16-6-10-23-56(47)63-58)31-41(33-43)38-27-30-59-51(35-38)48-17-7-11-24-57(48)64-59/h1-36H. The molecule has 0 unspecified atom stereocenters. The third-order valence-electron chi connectivity index (χ3n) is 13.3. The Morgan fingerprint density at radius 1 is 0.250 bits per heavy atom. The van der Waals surface area contributed by atoms with Crippen molar-refractivity contribution >= 4 is 87.5 Å². The van der Waals surface area contributed by atoms with E-state index in [4.69, 9.17) is 8.83 Å². The van der Waals surface area contributed by atoms with Crippen molar-refractivity contribution in [1.82, 2.24) is 9.13 Å². The van der Waals surface area contributed by atoms with E-state index in [1.807, 2.05) is 24.3 Å². The lowest BCUT2D eigenvalue weighted by Crippen LogP contribution is -1.96. The molecule has 0 atom stereocenters. The van der Waals surface area contributed by atoms with Gasteiger partial charge in [-0.05, 0) is 124 Å². The van der Waals surface area contributed by atoms with Crippen LogP contribution in [-0.4, -0.2) is 9.13 Å². The van der Waals surface area contributed by atoms with Crippen LogP contribution in [-0.2, 0) is 0 Å². The van der Waals surface area contributed by atoms with Crippen molar-refractivity contribution in [2.75, 3.05) is 0 Å². The predicted octanol–water partition coefficient (Wildman–Crippen LogP) is 16.7. The normalized spacial score (nSPS) is 12.1. The summed E-state index contributed by atoms with van der Waals surface area (Å²) in [6, 6.07) is 78.8. The van der Waals surface area contributed by atoms with Crippen LogP contribution in [0.5, 0.6) is 0 Å². The van der Waals surface area contributed by atoms with Gasteiger partial charge in [0.15, 0.2) is 0 Å². The molecule has 0 amide bonds. The van der Waals surface area contributed by atoms with Crippen molar-refractivity contribution in [2.24, 2.45) is 0 Å². The van der Waals surface area contributed by atoms with E-state index in [0.717, 1.165) is 88.5 Å². The van der Waals surface area contributed by atoms with Crippen molar-refractivity contribution < 1.29 is 8.83 Å². The van der Waals surface area contributed by atoms with Gasteiger partial charge < -0.3 is 18.0 Å². The molecule has 14 rings (SSSR count). The SMILES string of the molecule is c1ccc(-n2c3ccccc3c3ccc(-c4cccc5c4c4ccccc4n5-c4cc(-c5ccc6oc7ccccc7c6c5)cc(-c5ccc6oc7ccccc7c6c5)c4)cc32)cc1. The number of hydrogen-bond acceptors (Lipinski definition) is 2. The number of furan rings is 2. The van der Waals surface area contributed by atoms with Gasteiger partial charge in [0.05, 0.1) is 22.1 Å². The van der Waals surface area contributed by atoms with E-state index in [1.54, 1.807) is 0 Å². The first-order chi connectivity index (χ1) is 31.7. The van der Waals surface area contributed by atoms with Crippen LogP contribution in [0, 0.1) is 0 Å². The van der Waals surface area contributed by atoms with E-state index >= 15 is 0 Å². The fourth-order valence-electron chi connectivity index (χ4n) is 10.4. The molecular formula is C60H36N2O2. The molecule has 14 aromatic rings. The molecule has 0 saturated heterocycles.